The average Bonchev–Trinajstić information content (AvgIpc) is 1.27. The normalized spacial score (nSPS) is 6.75. The Morgan fingerprint density at radius 3 is 1.38 bits per heavy atom. The standard InChI is InChI=1S/C4H6O3.H3P/c1-3(5)7-4(2)6;/h1-2H3;1H3. The Kier molecular flexibility index (Phi) is 6.22. The molecule has 0 rings (SSSR count). The number of carbonyl (C=O) groups is 2. The average molecular weight is 136 g/mol. The van der Waals surface area contributed by atoms with Crippen molar-refractivity contribution in [2.45, 2.75) is 13.8 Å². The van der Waals surface area contributed by atoms with E-state index in [1.807, 2.05) is 0 Å². The van der Waals surface area contributed by atoms with E-state index in [1.54, 1.807) is 0 Å². The van der Waals surface area contributed by atoms with Gasteiger partial charge in [0.1, 0.15) is 0 Å². The molecule has 0 aliphatic heterocycles. The van der Waals surface area contributed by atoms with Crippen LogP contribution in [-0.4, -0.2) is 11.9 Å². The maximum absolute atomic E-state index is 9.81. The molecule has 0 saturated carbocycles. The summed E-state index contributed by atoms with van der Waals surface area (Å²) in [6.45, 7) is 2.36. The van der Waals surface area contributed by atoms with Gasteiger partial charge in [-0.25, -0.2) is 0 Å². The third-order valence-corrected chi connectivity index (χ3v) is 0.287. The maximum atomic E-state index is 9.81. The number of carbonyl (C=O) groups excluding carboxylic acids is 2. The summed E-state index contributed by atoms with van der Waals surface area (Å²) in [7, 11) is 0. The lowest BCUT2D eigenvalue weighted by molar-refractivity contribution is -0.156. The Hall–Kier alpha value is -0.430. The van der Waals surface area contributed by atoms with E-state index in [-0.39, 0.29) is 9.90 Å². The number of ether oxygens (including phenoxy) is 1. The third kappa shape index (κ3) is 9.13. The molecule has 0 bridgehead atoms. The fourth-order valence-electron chi connectivity index (χ4n) is 0.202. The van der Waals surface area contributed by atoms with Crippen molar-refractivity contribution in [3.8, 4) is 0 Å². The van der Waals surface area contributed by atoms with Crippen molar-refractivity contribution in [3.05, 3.63) is 0 Å². The lowest BCUT2D eigenvalue weighted by atomic mass is 10.7. The van der Waals surface area contributed by atoms with Gasteiger partial charge in [0.25, 0.3) is 0 Å². The molecule has 0 aromatic carbocycles. The minimum absolute atomic E-state index is 0. The van der Waals surface area contributed by atoms with Crippen molar-refractivity contribution in [1.82, 2.24) is 0 Å². The summed E-state index contributed by atoms with van der Waals surface area (Å²) in [6, 6.07) is 0. The van der Waals surface area contributed by atoms with Crippen LogP contribution in [0, 0.1) is 0 Å². The van der Waals surface area contributed by atoms with Gasteiger partial charge in [0, 0.05) is 13.8 Å². The van der Waals surface area contributed by atoms with E-state index in [1.165, 1.54) is 13.8 Å². The van der Waals surface area contributed by atoms with Crippen LogP contribution in [0.25, 0.3) is 0 Å². The molecule has 4 heteroatoms. The number of hydrogen-bond donors (Lipinski definition) is 0. The molecule has 0 amide bonds. The van der Waals surface area contributed by atoms with Gasteiger partial charge in [-0.3, -0.25) is 9.59 Å². The molecule has 0 heterocycles. The zero-order valence-electron chi connectivity index (χ0n) is 4.93. The predicted molar refractivity (Wildman–Crippen MR) is 33.6 cm³/mol. The fraction of sp³-hybridized carbons (Fsp3) is 0.500. The summed E-state index contributed by atoms with van der Waals surface area (Å²) in [5, 5.41) is 0. The van der Waals surface area contributed by atoms with Gasteiger partial charge in [0.2, 0.25) is 0 Å². The summed E-state index contributed by atoms with van der Waals surface area (Å²) in [5.41, 5.74) is 0. The Labute approximate surface area is 51.0 Å². The molecule has 8 heavy (non-hydrogen) atoms. The highest BCUT2D eigenvalue weighted by molar-refractivity contribution is 6.92. The van der Waals surface area contributed by atoms with Crippen molar-refractivity contribution in [2.24, 2.45) is 0 Å². The summed E-state index contributed by atoms with van der Waals surface area (Å²) in [6.07, 6.45) is 0. The number of hydrogen-bond acceptors (Lipinski definition) is 3. The molecule has 0 N–H and O–H groups in total. The number of esters is 2. The van der Waals surface area contributed by atoms with Gasteiger partial charge >= 0.3 is 11.9 Å². The van der Waals surface area contributed by atoms with Gasteiger partial charge in [-0.1, -0.05) is 0 Å². The predicted octanol–water partition coefficient (Wildman–Crippen LogP) is 0.154. The molecule has 0 spiro atoms. The van der Waals surface area contributed by atoms with Crippen LogP contribution < -0.4 is 0 Å². The smallest absolute Gasteiger partial charge is 0.310 e. The van der Waals surface area contributed by atoms with Crippen LogP contribution in [-0.2, 0) is 14.3 Å². The quantitative estimate of drug-likeness (QED) is 0.270. The molecule has 0 aliphatic carbocycles. The molecule has 0 aromatic rings. The first-order valence-electron chi connectivity index (χ1n) is 1.82. The van der Waals surface area contributed by atoms with Crippen molar-refractivity contribution in [3.63, 3.8) is 0 Å². The van der Waals surface area contributed by atoms with E-state index in [2.05, 4.69) is 4.74 Å². The second kappa shape index (κ2) is 4.72. The first-order valence-corrected chi connectivity index (χ1v) is 1.82. The van der Waals surface area contributed by atoms with Crippen LogP contribution in [0.15, 0.2) is 0 Å². The molecule has 0 aromatic heterocycles. The highest BCUT2D eigenvalue weighted by Gasteiger charge is 1.93. The van der Waals surface area contributed by atoms with E-state index in [0.29, 0.717) is 0 Å². The van der Waals surface area contributed by atoms with Gasteiger partial charge in [0.15, 0.2) is 0 Å². The molecule has 0 saturated heterocycles. The maximum Gasteiger partial charge on any atom is 0.310 e. The first-order chi connectivity index (χ1) is 3.13. The van der Waals surface area contributed by atoms with Gasteiger partial charge in [-0.15, -0.1) is 0 Å². The molecule has 3 nitrogen and oxygen atoms in total. The van der Waals surface area contributed by atoms with Crippen molar-refractivity contribution < 1.29 is 14.3 Å². The van der Waals surface area contributed by atoms with E-state index in [4.69, 9.17) is 0 Å². The van der Waals surface area contributed by atoms with E-state index in [0.717, 1.165) is 0 Å². The lowest BCUT2D eigenvalue weighted by Gasteiger charge is -1.87. The number of rotatable bonds is 0. The van der Waals surface area contributed by atoms with Gasteiger partial charge in [-0.2, -0.15) is 9.90 Å². The Morgan fingerprint density at radius 2 is 1.38 bits per heavy atom. The SMILES string of the molecule is CC(=O)OC(C)=O.P. The molecule has 1 unspecified atom stereocenters. The largest absolute Gasteiger partial charge is 0.394 e. The van der Waals surface area contributed by atoms with Gasteiger partial charge in [0.05, 0.1) is 0 Å². The molecule has 0 radical (unpaired) electrons. The fourth-order valence-corrected chi connectivity index (χ4v) is 0.202. The van der Waals surface area contributed by atoms with Crippen LogP contribution in [0.3, 0.4) is 0 Å². The van der Waals surface area contributed by atoms with E-state index in [9.17, 15) is 9.59 Å². The first kappa shape index (κ1) is 10.5. The molecule has 0 aliphatic rings. The van der Waals surface area contributed by atoms with Crippen molar-refractivity contribution in [1.29, 1.82) is 0 Å². The van der Waals surface area contributed by atoms with E-state index >= 15 is 0 Å². The van der Waals surface area contributed by atoms with Gasteiger partial charge < -0.3 is 4.74 Å². The Bertz CT molecular complexity index is 87.5. The topological polar surface area (TPSA) is 43.4 Å². The minimum atomic E-state index is -0.562. The third-order valence-electron chi connectivity index (χ3n) is 0.287. The summed E-state index contributed by atoms with van der Waals surface area (Å²) < 4.78 is 3.97. The minimum Gasteiger partial charge on any atom is -0.394 e. The van der Waals surface area contributed by atoms with Crippen LogP contribution in [0.1, 0.15) is 13.8 Å². The Morgan fingerprint density at radius 1 is 1.12 bits per heavy atom. The van der Waals surface area contributed by atoms with Crippen LogP contribution in [0.2, 0.25) is 0 Å². The van der Waals surface area contributed by atoms with Gasteiger partial charge in [-0.05, 0) is 0 Å². The monoisotopic (exact) mass is 136 g/mol. The highest BCUT2D eigenvalue weighted by atomic mass is 31.0. The van der Waals surface area contributed by atoms with Crippen molar-refractivity contribution in [2.75, 3.05) is 0 Å². The highest BCUT2D eigenvalue weighted by Crippen LogP contribution is 1.73. The van der Waals surface area contributed by atoms with Crippen LogP contribution in [0.5, 0.6) is 0 Å². The molecular formula is C4H9O3P. The zero-order valence-corrected chi connectivity index (χ0v) is 6.35. The summed E-state index contributed by atoms with van der Waals surface area (Å²) in [5.74, 6) is -1.12. The lowest BCUT2D eigenvalue weighted by Crippen LogP contribution is -2.03. The summed E-state index contributed by atoms with van der Waals surface area (Å²) in [4.78, 5) is 19.6. The second-order valence-corrected chi connectivity index (χ2v) is 1.09. The Balaban J connectivity index is 0. The molecule has 0 fully saturated rings. The van der Waals surface area contributed by atoms with Crippen LogP contribution in [0.4, 0.5) is 0 Å². The second-order valence-electron chi connectivity index (χ2n) is 1.09. The van der Waals surface area contributed by atoms with E-state index < -0.39 is 11.9 Å². The molecule has 1 atom stereocenters. The zero-order chi connectivity index (χ0) is 5.86. The molecule has 48 valence electrons. The van der Waals surface area contributed by atoms with Crippen LogP contribution >= 0.6 is 9.90 Å². The summed E-state index contributed by atoms with van der Waals surface area (Å²) >= 11 is 0. The van der Waals surface area contributed by atoms with Crippen molar-refractivity contribution >= 4 is 21.8 Å². The molecular weight excluding hydrogens is 127 g/mol.